The summed E-state index contributed by atoms with van der Waals surface area (Å²) in [6.45, 7) is 3.41. The van der Waals surface area contributed by atoms with Crippen molar-refractivity contribution in [2.45, 2.75) is 227 Å². The number of halogens is 2. The summed E-state index contributed by atoms with van der Waals surface area (Å²) in [6.07, 6.45) is 49.2. The van der Waals surface area contributed by atoms with Crippen molar-refractivity contribution in [3.8, 4) is 0 Å². The molecule has 6 saturated carbocycles. The van der Waals surface area contributed by atoms with Gasteiger partial charge in [0.2, 0.25) is 0 Å². The van der Waals surface area contributed by atoms with Gasteiger partial charge in [0.05, 0.1) is 34.0 Å². The summed E-state index contributed by atoms with van der Waals surface area (Å²) in [5.41, 5.74) is 7.36. The smallest absolute Gasteiger partial charge is 0.358 e. The Kier molecular flexibility index (Phi) is 25.2. The molecule has 0 atom stereocenters. The van der Waals surface area contributed by atoms with Crippen molar-refractivity contribution in [2.24, 2.45) is 0 Å². The van der Waals surface area contributed by atoms with Gasteiger partial charge in [0, 0.05) is 15.8 Å². The minimum atomic E-state index is -1.50. The normalized spacial score (nSPS) is 25.2. The zero-order chi connectivity index (χ0) is 30.8. The SMILES string of the molecule is C1CCC([PH+](C2CCCCC2)C2CCCCC2)CC1.C1CCC([PH+](C2CCCCC2)C2CCCCC2)CC1.C=C[CH]=[Ru]([Cl])[Cl].[CH3-].[CH3-]. The summed E-state index contributed by atoms with van der Waals surface area (Å²) in [5, 5.41) is 0. The zero-order valence-electron chi connectivity index (χ0n) is 30.6. The van der Waals surface area contributed by atoms with Crippen LogP contribution in [-0.2, 0) is 13.5 Å². The molecule has 6 rings (SSSR count). The van der Waals surface area contributed by atoms with Crippen molar-refractivity contribution in [2.75, 3.05) is 0 Å². The van der Waals surface area contributed by atoms with E-state index in [9.17, 15) is 0 Å². The summed E-state index contributed by atoms with van der Waals surface area (Å²) in [6, 6.07) is 0. The van der Waals surface area contributed by atoms with Crippen LogP contribution in [0.25, 0.3) is 0 Å². The molecule has 0 heterocycles. The molecular weight excluding hydrogens is 726 g/mol. The fourth-order valence-electron chi connectivity index (χ4n) is 10.7. The predicted octanol–water partition coefficient (Wildman–Crippen LogP) is 15.2. The van der Waals surface area contributed by atoms with Gasteiger partial charge in [-0.05, 0) is 154 Å². The molecule has 0 aromatic rings. The molecule has 0 radical (unpaired) electrons. The van der Waals surface area contributed by atoms with Gasteiger partial charge < -0.3 is 14.9 Å². The second kappa shape index (κ2) is 26.4. The van der Waals surface area contributed by atoms with Crippen LogP contribution >= 0.6 is 35.2 Å². The first-order chi connectivity index (χ1) is 21.7. The minimum absolute atomic E-state index is 0. The number of rotatable bonds is 7. The summed E-state index contributed by atoms with van der Waals surface area (Å²) >= 11 is -1.50. The zero-order valence-corrected chi connectivity index (χ0v) is 35.9. The Labute approximate surface area is 305 Å². The van der Waals surface area contributed by atoms with Gasteiger partial charge >= 0.3 is 50.2 Å². The van der Waals surface area contributed by atoms with Crippen LogP contribution in [0.4, 0.5) is 0 Å². The Morgan fingerprint density at radius 3 is 0.652 bits per heavy atom. The molecule has 6 fully saturated rings. The largest absolute Gasteiger partial charge is 0.358 e. The first kappa shape index (κ1) is 43.8. The van der Waals surface area contributed by atoms with Crippen molar-refractivity contribution in [3.63, 3.8) is 0 Å². The second-order valence-electron chi connectivity index (χ2n) is 15.6. The second-order valence-corrected chi connectivity index (χ2v) is 28.3. The molecule has 46 heavy (non-hydrogen) atoms. The topological polar surface area (TPSA) is 0 Å². The monoisotopic (exact) mass is 804 g/mol. The quantitative estimate of drug-likeness (QED) is 0.137. The molecule has 0 bridgehead atoms. The molecule has 0 aromatic carbocycles. The van der Waals surface area contributed by atoms with E-state index >= 15 is 0 Å². The minimum Gasteiger partial charge on any atom is -0.358 e. The third-order valence-electron chi connectivity index (χ3n) is 12.6. The van der Waals surface area contributed by atoms with Gasteiger partial charge in [-0.15, -0.1) is 0 Å². The van der Waals surface area contributed by atoms with Crippen LogP contribution in [0.5, 0.6) is 0 Å². The number of hydrogen-bond acceptors (Lipinski definition) is 0. The van der Waals surface area contributed by atoms with E-state index in [-0.39, 0.29) is 30.7 Å². The number of hydrogen-bond donors (Lipinski definition) is 0. The van der Waals surface area contributed by atoms with Crippen molar-refractivity contribution >= 4 is 39.8 Å². The first-order valence-corrected chi connectivity index (χ1v) is 28.8. The van der Waals surface area contributed by atoms with Gasteiger partial charge in [0.1, 0.15) is 0 Å². The van der Waals surface area contributed by atoms with Gasteiger partial charge in [-0.1, -0.05) is 38.5 Å². The van der Waals surface area contributed by atoms with Gasteiger partial charge in [0.15, 0.2) is 0 Å². The summed E-state index contributed by atoms with van der Waals surface area (Å²) < 4.78 is 1.73. The van der Waals surface area contributed by atoms with E-state index in [0.717, 1.165) is 0 Å². The van der Waals surface area contributed by atoms with Crippen LogP contribution in [0.1, 0.15) is 193 Å². The molecule has 0 nitrogen and oxygen atoms in total. The van der Waals surface area contributed by atoms with E-state index in [4.69, 9.17) is 19.4 Å². The Morgan fingerprint density at radius 1 is 0.370 bits per heavy atom. The van der Waals surface area contributed by atoms with Crippen molar-refractivity contribution in [1.82, 2.24) is 0 Å². The first-order valence-electron chi connectivity index (χ1n) is 19.8. The third-order valence-corrected chi connectivity index (χ3v) is 23.7. The molecule has 0 aliphatic heterocycles. The van der Waals surface area contributed by atoms with Crippen LogP contribution in [0, 0.1) is 14.9 Å². The molecule has 5 heteroatoms. The Morgan fingerprint density at radius 2 is 0.543 bits per heavy atom. The summed E-state index contributed by atoms with van der Waals surface area (Å²) in [7, 11) is 10.6. The molecule has 0 aromatic heterocycles. The Bertz CT molecular complexity index is 626. The molecule has 0 N–H and O–H groups in total. The van der Waals surface area contributed by atoms with E-state index in [1.165, 1.54) is 34.0 Å². The van der Waals surface area contributed by atoms with Crippen LogP contribution in [0.15, 0.2) is 12.7 Å². The maximum absolute atomic E-state index is 5.36. The average Bonchev–Trinajstić information content (AvgIpc) is 3.09. The molecule has 6 aliphatic carbocycles. The van der Waals surface area contributed by atoms with Gasteiger partial charge in [0.25, 0.3) is 0 Å². The molecule has 0 unspecified atom stereocenters. The molecular formula is C41H78Cl2P2Ru. The fraction of sp³-hybridized carbons (Fsp3) is 0.878. The van der Waals surface area contributed by atoms with Crippen LogP contribution in [-0.4, -0.2) is 38.6 Å². The van der Waals surface area contributed by atoms with E-state index in [1.54, 1.807) is 203 Å². The fourth-order valence-corrected chi connectivity index (χ4v) is 22.2. The van der Waals surface area contributed by atoms with Crippen molar-refractivity contribution in [1.29, 1.82) is 0 Å². The van der Waals surface area contributed by atoms with E-state index in [1.807, 2.05) is 0 Å². The van der Waals surface area contributed by atoms with Crippen LogP contribution in [0.2, 0.25) is 0 Å². The van der Waals surface area contributed by atoms with Gasteiger partial charge in [-0.2, -0.15) is 0 Å². The molecule has 0 amide bonds. The molecule has 0 spiro atoms. The van der Waals surface area contributed by atoms with Crippen LogP contribution in [0.3, 0.4) is 0 Å². The Hall–Kier alpha value is 1.67. The third kappa shape index (κ3) is 15.5. The van der Waals surface area contributed by atoms with E-state index in [0.29, 0.717) is 0 Å². The molecule has 274 valence electrons. The van der Waals surface area contributed by atoms with Gasteiger partial charge in [-0.25, -0.2) is 0 Å². The average molecular weight is 805 g/mol. The predicted molar refractivity (Wildman–Crippen MR) is 219 cm³/mol. The van der Waals surface area contributed by atoms with Gasteiger partial charge in [-0.3, -0.25) is 0 Å². The summed E-state index contributed by atoms with van der Waals surface area (Å²) in [4.78, 5) is 0. The van der Waals surface area contributed by atoms with E-state index < -0.39 is 13.5 Å². The van der Waals surface area contributed by atoms with Crippen molar-refractivity contribution in [3.05, 3.63) is 27.5 Å². The molecule has 6 aliphatic rings. The standard InChI is InChI=1S/2C18H33P.C3H4.2CH3.2ClH.Ru/c2*1-4-10-16(11-5-1)19(17-12-6-2-7-13-17)18-14-8-3-9-15-18;1-3-2;;;;;/h2*16-18H,1-15H2;1,3H,2H2;2*1H3;2*1H;/q;;;2*-1;;;+2. The maximum Gasteiger partial charge on any atom is -0.358 e. The van der Waals surface area contributed by atoms with E-state index in [2.05, 4.69) is 6.58 Å². The Balaban J connectivity index is 0.000000263. The number of allylic oxidation sites excluding steroid dienone is 1. The molecule has 0 saturated heterocycles. The summed E-state index contributed by atoms with van der Waals surface area (Å²) in [5.74, 6) is 0. The maximum atomic E-state index is 5.36. The van der Waals surface area contributed by atoms with Crippen molar-refractivity contribution < 1.29 is 13.5 Å². The van der Waals surface area contributed by atoms with Crippen LogP contribution < -0.4 is 0 Å².